The molecule has 5 nitrogen and oxygen atoms in total. The zero-order valence-corrected chi connectivity index (χ0v) is 20.1. The lowest BCUT2D eigenvalue weighted by molar-refractivity contribution is -0.189. The number of unbranched alkanes of at least 4 members (excludes halogenated alkanes) is 9. The Bertz CT molecular complexity index is 669. The van der Waals surface area contributed by atoms with Crippen molar-refractivity contribution in [1.82, 2.24) is 0 Å². The fourth-order valence-electron chi connectivity index (χ4n) is 6.17. The number of halogens is 2. The molecule has 0 aromatic rings. The number of rotatable bonds is 15. The molecular formula is C26H40F2O5. The second-order valence-corrected chi connectivity index (χ2v) is 10.7. The fourth-order valence-corrected chi connectivity index (χ4v) is 6.17. The van der Waals surface area contributed by atoms with Crippen molar-refractivity contribution in [2.45, 2.75) is 121 Å². The molecule has 4 aliphatic carbocycles. The molecule has 4 rings (SSSR count). The second kappa shape index (κ2) is 11.7. The summed E-state index contributed by atoms with van der Waals surface area (Å²) < 4.78 is 35.8. The molecule has 4 fully saturated rings. The SMILES string of the molecule is CC(F)(F)C(=O)OCCCCCCCCCCCCC(=O)OC12CC3CC(C1)C(=O)C(C3)C2. The van der Waals surface area contributed by atoms with Gasteiger partial charge in [0.2, 0.25) is 0 Å². The van der Waals surface area contributed by atoms with Gasteiger partial charge in [0.15, 0.2) is 0 Å². The molecule has 33 heavy (non-hydrogen) atoms. The Hall–Kier alpha value is -1.53. The lowest BCUT2D eigenvalue weighted by Crippen LogP contribution is -2.56. The number of carbonyl (C=O) groups is 3. The molecule has 0 radical (unpaired) electrons. The number of hydrogen-bond donors (Lipinski definition) is 0. The maximum atomic E-state index is 12.6. The molecule has 0 amide bonds. The fraction of sp³-hybridized carbons (Fsp3) is 0.885. The standard InChI is InChI=1S/C26H40F2O5/c1-25(27,28)24(31)32-13-11-9-7-5-3-2-4-6-8-10-12-22(29)33-26-16-19-14-20(17-26)23(30)21(15-19)18-26/h19-21H,2-18H2,1H3. The molecule has 0 aromatic carbocycles. The summed E-state index contributed by atoms with van der Waals surface area (Å²) >= 11 is 0. The number of alkyl halides is 2. The van der Waals surface area contributed by atoms with Crippen LogP contribution in [0.5, 0.6) is 0 Å². The highest BCUT2D eigenvalue weighted by atomic mass is 19.3. The molecule has 0 aromatic heterocycles. The van der Waals surface area contributed by atoms with Crippen molar-refractivity contribution in [1.29, 1.82) is 0 Å². The van der Waals surface area contributed by atoms with E-state index in [0.717, 1.165) is 89.9 Å². The summed E-state index contributed by atoms with van der Waals surface area (Å²) in [6, 6.07) is 0. The minimum absolute atomic E-state index is 0.0612. The van der Waals surface area contributed by atoms with Crippen molar-refractivity contribution in [2.75, 3.05) is 6.61 Å². The van der Waals surface area contributed by atoms with E-state index in [4.69, 9.17) is 4.74 Å². The van der Waals surface area contributed by atoms with Crippen molar-refractivity contribution in [3.8, 4) is 0 Å². The lowest BCUT2D eigenvalue weighted by atomic mass is 9.53. The third-order valence-corrected chi connectivity index (χ3v) is 7.64. The number of hydrogen-bond acceptors (Lipinski definition) is 5. The Balaban J connectivity index is 1.12. The predicted molar refractivity (Wildman–Crippen MR) is 120 cm³/mol. The van der Waals surface area contributed by atoms with Crippen molar-refractivity contribution >= 4 is 17.7 Å². The first-order valence-corrected chi connectivity index (χ1v) is 13.0. The Morgan fingerprint density at radius 3 is 1.94 bits per heavy atom. The second-order valence-electron chi connectivity index (χ2n) is 10.7. The van der Waals surface area contributed by atoms with E-state index in [1.165, 1.54) is 0 Å². The summed E-state index contributed by atoms with van der Waals surface area (Å²) in [4.78, 5) is 35.6. The van der Waals surface area contributed by atoms with Crippen molar-refractivity contribution in [2.24, 2.45) is 17.8 Å². The van der Waals surface area contributed by atoms with Gasteiger partial charge in [0.05, 0.1) is 6.61 Å². The summed E-state index contributed by atoms with van der Waals surface area (Å²) in [6.07, 6.45) is 15.0. The van der Waals surface area contributed by atoms with E-state index in [1.54, 1.807) is 0 Å². The number of ketones is 1. The smallest absolute Gasteiger partial charge is 0.376 e. The summed E-state index contributed by atoms with van der Waals surface area (Å²) in [5.41, 5.74) is -0.343. The van der Waals surface area contributed by atoms with Gasteiger partial charge in [-0.2, -0.15) is 8.78 Å². The maximum Gasteiger partial charge on any atom is 0.376 e. The van der Waals surface area contributed by atoms with Crippen LogP contribution in [-0.4, -0.2) is 35.9 Å². The molecule has 0 heterocycles. The van der Waals surface area contributed by atoms with E-state index < -0.39 is 11.9 Å². The van der Waals surface area contributed by atoms with Gasteiger partial charge in [-0.15, -0.1) is 0 Å². The van der Waals surface area contributed by atoms with Gasteiger partial charge in [-0.3, -0.25) is 9.59 Å². The van der Waals surface area contributed by atoms with Crippen molar-refractivity contribution in [3.05, 3.63) is 0 Å². The van der Waals surface area contributed by atoms with E-state index in [1.807, 2.05) is 0 Å². The summed E-state index contributed by atoms with van der Waals surface area (Å²) in [7, 11) is 0. The van der Waals surface area contributed by atoms with Crippen molar-refractivity contribution in [3.63, 3.8) is 0 Å². The first-order valence-electron chi connectivity index (χ1n) is 13.0. The number of carbonyl (C=O) groups excluding carboxylic acids is 3. The Labute approximate surface area is 196 Å². The van der Waals surface area contributed by atoms with Crippen LogP contribution in [0.2, 0.25) is 0 Å². The maximum absolute atomic E-state index is 12.6. The monoisotopic (exact) mass is 470 g/mol. The molecular weight excluding hydrogens is 430 g/mol. The highest BCUT2D eigenvalue weighted by Crippen LogP contribution is 2.55. The van der Waals surface area contributed by atoms with Gasteiger partial charge < -0.3 is 9.47 Å². The van der Waals surface area contributed by atoms with E-state index in [9.17, 15) is 23.2 Å². The zero-order valence-electron chi connectivity index (χ0n) is 20.1. The molecule has 0 N–H and O–H groups in total. The van der Waals surface area contributed by atoms with Crippen LogP contribution in [0, 0.1) is 17.8 Å². The average molecular weight is 471 g/mol. The molecule has 0 saturated heterocycles. The molecule has 4 aliphatic rings. The van der Waals surface area contributed by atoms with Crippen LogP contribution in [0.4, 0.5) is 8.78 Å². The molecule has 0 spiro atoms. The third-order valence-electron chi connectivity index (χ3n) is 7.64. The molecule has 4 bridgehead atoms. The third kappa shape index (κ3) is 7.74. The van der Waals surface area contributed by atoms with E-state index in [0.29, 0.717) is 31.5 Å². The molecule has 0 aliphatic heterocycles. The highest BCUT2D eigenvalue weighted by molar-refractivity contribution is 5.86. The van der Waals surface area contributed by atoms with E-state index in [2.05, 4.69) is 4.74 Å². The van der Waals surface area contributed by atoms with Gasteiger partial charge in [0, 0.05) is 25.2 Å². The molecule has 188 valence electrons. The normalized spacial score (nSPS) is 28.2. The van der Waals surface area contributed by atoms with Crippen molar-refractivity contribution < 1.29 is 32.6 Å². The largest absolute Gasteiger partial charge is 0.461 e. The molecule has 2 atom stereocenters. The van der Waals surface area contributed by atoms with Gasteiger partial charge >= 0.3 is 17.9 Å². The molecule has 4 saturated carbocycles. The first kappa shape index (κ1) is 26.1. The van der Waals surface area contributed by atoms with Gasteiger partial charge in [-0.05, 0) is 50.9 Å². The Morgan fingerprint density at radius 2 is 1.39 bits per heavy atom. The van der Waals surface area contributed by atoms with Crippen LogP contribution in [0.15, 0.2) is 0 Å². The van der Waals surface area contributed by atoms with E-state index in [-0.39, 0.29) is 30.0 Å². The van der Waals surface area contributed by atoms with Crippen LogP contribution in [0.1, 0.15) is 110 Å². The predicted octanol–water partition coefficient (Wildman–Crippen LogP) is 6.17. The first-order chi connectivity index (χ1) is 15.7. The van der Waals surface area contributed by atoms with Gasteiger partial charge in [-0.25, -0.2) is 4.79 Å². The Morgan fingerprint density at radius 1 is 0.879 bits per heavy atom. The molecule has 2 unspecified atom stereocenters. The van der Waals surface area contributed by atoms with Crippen LogP contribution in [0.3, 0.4) is 0 Å². The molecule has 7 heteroatoms. The van der Waals surface area contributed by atoms with Gasteiger partial charge in [0.25, 0.3) is 0 Å². The summed E-state index contributed by atoms with van der Waals surface area (Å²) in [5, 5.41) is 0. The minimum Gasteiger partial charge on any atom is -0.461 e. The number of ether oxygens (including phenoxy) is 2. The number of esters is 2. The Kier molecular flexibility index (Phi) is 9.28. The number of Topliss-reactive ketones (excluding diaryl/α,β-unsaturated/α-hetero) is 1. The van der Waals surface area contributed by atoms with Gasteiger partial charge in [0.1, 0.15) is 11.4 Å². The topological polar surface area (TPSA) is 69.7 Å². The van der Waals surface area contributed by atoms with Crippen LogP contribution in [0.25, 0.3) is 0 Å². The van der Waals surface area contributed by atoms with Gasteiger partial charge in [-0.1, -0.05) is 51.4 Å². The summed E-state index contributed by atoms with van der Waals surface area (Å²) in [6.45, 7) is 0.611. The van der Waals surface area contributed by atoms with Crippen LogP contribution < -0.4 is 0 Å². The zero-order chi connectivity index (χ0) is 23.9. The highest BCUT2D eigenvalue weighted by Gasteiger charge is 2.57. The quantitative estimate of drug-likeness (QED) is 0.212. The average Bonchev–Trinajstić information content (AvgIpc) is 2.73. The van der Waals surface area contributed by atoms with Crippen LogP contribution in [-0.2, 0) is 23.9 Å². The summed E-state index contributed by atoms with van der Waals surface area (Å²) in [5.74, 6) is -3.68. The van der Waals surface area contributed by atoms with Crippen LogP contribution >= 0.6 is 0 Å². The lowest BCUT2D eigenvalue weighted by Gasteiger charge is -2.54. The minimum atomic E-state index is -3.41. The van der Waals surface area contributed by atoms with E-state index >= 15 is 0 Å².